The molecule has 0 bridgehead atoms. The molecule has 11 heteroatoms. The van der Waals surface area contributed by atoms with E-state index < -0.39 is 11.7 Å². The molecule has 1 saturated heterocycles. The Morgan fingerprint density at radius 2 is 1.88 bits per heavy atom. The van der Waals surface area contributed by atoms with Gasteiger partial charge in [0, 0.05) is 37.8 Å². The SMILES string of the molecule is CN1CCN(c2cnc3cc(C(F)(F)F)cc(OCc4nnc5cccnn45)c3c2)CC1. The second kappa shape index (κ2) is 7.90. The van der Waals surface area contributed by atoms with Crippen LogP contribution in [0.5, 0.6) is 5.75 Å². The second-order valence-electron chi connectivity index (χ2n) is 7.72. The highest BCUT2D eigenvalue weighted by Crippen LogP contribution is 2.37. The van der Waals surface area contributed by atoms with Crippen molar-refractivity contribution in [3.63, 3.8) is 0 Å². The van der Waals surface area contributed by atoms with Crippen molar-refractivity contribution in [2.45, 2.75) is 12.8 Å². The van der Waals surface area contributed by atoms with E-state index >= 15 is 0 Å². The van der Waals surface area contributed by atoms with Gasteiger partial charge in [-0.15, -0.1) is 10.2 Å². The Hall–Kier alpha value is -3.47. The number of nitrogens with zero attached hydrogens (tertiary/aromatic N) is 7. The molecular formula is C21H20F3N7O. The van der Waals surface area contributed by atoms with Gasteiger partial charge in [0.1, 0.15) is 12.4 Å². The molecule has 0 aliphatic carbocycles. The van der Waals surface area contributed by atoms with Crippen molar-refractivity contribution in [2.75, 3.05) is 38.1 Å². The summed E-state index contributed by atoms with van der Waals surface area (Å²) in [5, 5.41) is 12.7. The smallest absolute Gasteiger partial charge is 0.416 e. The highest BCUT2D eigenvalue weighted by Gasteiger charge is 2.32. The molecule has 0 unspecified atom stereocenters. The van der Waals surface area contributed by atoms with Crippen LogP contribution < -0.4 is 9.64 Å². The molecule has 0 saturated carbocycles. The molecule has 0 N–H and O–H groups in total. The van der Waals surface area contributed by atoms with E-state index in [-0.39, 0.29) is 17.9 Å². The fraction of sp³-hybridized carbons (Fsp3) is 0.333. The van der Waals surface area contributed by atoms with Crippen LogP contribution in [0, 0.1) is 0 Å². The highest BCUT2D eigenvalue weighted by atomic mass is 19.4. The molecule has 0 spiro atoms. The fourth-order valence-corrected chi connectivity index (χ4v) is 3.73. The third-order valence-electron chi connectivity index (χ3n) is 5.54. The Morgan fingerprint density at radius 1 is 1.06 bits per heavy atom. The number of hydrogen-bond acceptors (Lipinski definition) is 7. The number of likely N-dealkylation sites (N-methyl/N-ethyl adjacent to an activating group) is 1. The van der Waals surface area contributed by atoms with Gasteiger partial charge in [0.2, 0.25) is 0 Å². The first kappa shape index (κ1) is 20.4. The molecule has 4 heterocycles. The van der Waals surface area contributed by atoms with E-state index in [9.17, 15) is 13.2 Å². The standard InChI is InChI=1S/C21H20F3N7O/c1-29-5-7-30(8-6-29)15-11-16-17(25-12-15)9-14(21(22,23)24)10-18(16)32-13-20-28-27-19-3-2-4-26-31(19)20/h2-4,9-12H,5-8,13H2,1H3. The summed E-state index contributed by atoms with van der Waals surface area (Å²) in [5.41, 5.74) is 0.782. The van der Waals surface area contributed by atoms with Crippen molar-refractivity contribution in [2.24, 2.45) is 0 Å². The molecule has 166 valence electrons. The molecule has 4 aromatic rings. The minimum Gasteiger partial charge on any atom is -0.485 e. The quantitative estimate of drug-likeness (QED) is 0.480. The van der Waals surface area contributed by atoms with Crippen LogP contribution in [-0.4, -0.2) is 62.9 Å². The molecular weight excluding hydrogens is 423 g/mol. The molecule has 3 aromatic heterocycles. The monoisotopic (exact) mass is 443 g/mol. The van der Waals surface area contributed by atoms with Gasteiger partial charge in [0.05, 0.1) is 23.0 Å². The number of aromatic nitrogens is 5. The normalized spacial score (nSPS) is 15.6. The maximum atomic E-state index is 13.5. The van der Waals surface area contributed by atoms with Gasteiger partial charge in [-0.05, 0) is 37.4 Å². The highest BCUT2D eigenvalue weighted by molar-refractivity contribution is 5.88. The van der Waals surface area contributed by atoms with Crippen LogP contribution in [-0.2, 0) is 12.8 Å². The number of rotatable bonds is 4. The van der Waals surface area contributed by atoms with Gasteiger partial charge in [0.15, 0.2) is 11.5 Å². The number of piperazine rings is 1. The van der Waals surface area contributed by atoms with E-state index in [4.69, 9.17) is 4.74 Å². The van der Waals surface area contributed by atoms with Crippen LogP contribution >= 0.6 is 0 Å². The van der Waals surface area contributed by atoms with Gasteiger partial charge in [-0.2, -0.15) is 22.8 Å². The van der Waals surface area contributed by atoms with Crippen molar-refractivity contribution in [3.8, 4) is 5.75 Å². The van der Waals surface area contributed by atoms with Crippen LogP contribution in [0.2, 0.25) is 0 Å². The van der Waals surface area contributed by atoms with Gasteiger partial charge >= 0.3 is 6.18 Å². The third kappa shape index (κ3) is 3.91. The zero-order valence-corrected chi connectivity index (χ0v) is 17.2. The van der Waals surface area contributed by atoms with E-state index in [1.807, 2.05) is 6.07 Å². The van der Waals surface area contributed by atoms with Gasteiger partial charge in [0.25, 0.3) is 0 Å². The molecule has 1 aromatic carbocycles. The van der Waals surface area contributed by atoms with Gasteiger partial charge in [-0.25, -0.2) is 0 Å². The van der Waals surface area contributed by atoms with Gasteiger partial charge < -0.3 is 14.5 Å². The van der Waals surface area contributed by atoms with Crippen LogP contribution in [0.1, 0.15) is 11.4 Å². The van der Waals surface area contributed by atoms with Crippen molar-refractivity contribution in [1.82, 2.24) is 29.7 Å². The van der Waals surface area contributed by atoms with Crippen LogP contribution in [0.4, 0.5) is 18.9 Å². The van der Waals surface area contributed by atoms with Crippen LogP contribution in [0.3, 0.4) is 0 Å². The van der Waals surface area contributed by atoms with E-state index in [1.54, 1.807) is 24.5 Å². The number of halogens is 3. The zero-order chi connectivity index (χ0) is 22.3. The lowest BCUT2D eigenvalue weighted by Crippen LogP contribution is -2.44. The average Bonchev–Trinajstić information content (AvgIpc) is 3.20. The maximum absolute atomic E-state index is 13.5. The predicted molar refractivity (Wildman–Crippen MR) is 112 cm³/mol. The van der Waals surface area contributed by atoms with Crippen molar-refractivity contribution in [1.29, 1.82) is 0 Å². The summed E-state index contributed by atoms with van der Waals surface area (Å²) in [4.78, 5) is 8.72. The lowest BCUT2D eigenvalue weighted by molar-refractivity contribution is -0.137. The van der Waals surface area contributed by atoms with Crippen molar-refractivity contribution in [3.05, 3.63) is 54.1 Å². The first-order valence-electron chi connectivity index (χ1n) is 10.1. The molecule has 1 aliphatic rings. The predicted octanol–water partition coefficient (Wildman–Crippen LogP) is 3.02. The Kier molecular flexibility index (Phi) is 5.04. The third-order valence-corrected chi connectivity index (χ3v) is 5.54. The van der Waals surface area contributed by atoms with E-state index in [2.05, 4.69) is 37.1 Å². The minimum absolute atomic E-state index is 0.0889. The average molecular weight is 443 g/mol. The first-order chi connectivity index (χ1) is 15.4. The molecule has 0 atom stereocenters. The zero-order valence-electron chi connectivity index (χ0n) is 17.2. The summed E-state index contributed by atoms with van der Waals surface area (Å²) in [6.07, 6.45) is -1.33. The number of fused-ring (bicyclic) bond motifs is 2. The number of hydrogen-bond donors (Lipinski definition) is 0. The summed E-state index contributed by atoms with van der Waals surface area (Å²) in [5.74, 6) is 0.473. The maximum Gasteiger partial charge on any atom is 0.416 e. The summed E-state index contributed by atoms with van der Waals surface area (Å²) >= 11 is 0. The number of anilines is 1. The van der Waals surface area contributed by atoms with E-state index in [1.165, 1.54) is 4.52 Å². The van der Waals surface area contributed by atoms with Gasteiger partial charge in [-0.1, -0.05) is 0 Å². The van der Waals surface area contributed by atoms with Gasteiger partial charge in [-0.3, -0.25) is 4.98 Å². The van der Waals surface area contributed by atoms with Crippen LogP contribution in [0.15, 0.2) is 42.7 Å². The van der Waals surface area contributed by atoms with Crippen molar-refractivity contribution < 1.29 is 17.9 Å². The summed E-state index contributed by atoms with van der Waals surface area (Å²) in [7, 11) is 2.06. The molecule has 0 radical (unpaired) electrons. The summed E-state index contributed by atoms with van der Waals surface area (Å²) in [6, 6.07) is 7.34. The lowest BCUT2D eigenvalue weighted by Gasteiger charge is -2.34. The number of alkyl halides is 3. The van der Waals surface area contributed by atoms with Crippen LogP contribution in [0.25, 0.3) is 16.6 Å². The number of ether oxygens (including phenoxy) is 1. The number of pyridine rings is 1. The first-order valence-corrected chi connectivity index (χ1v) is 10.1. The molecule has 5 rings (SSSR count). The molecule has 8 nitrogen and oxygen atoms in total. The number of benzene rings is 1. The Morgan fingerprint density at radius 3 is 2.66 bits per heavy atom. The Bertz CT molecular complexity index is 1270. The Labute approximate surface area is 181 Å². The van der Waals surface area contributed by atoms with Crippen molar-refractivity contribution >= 4 is 22.2 Å². The lowest BCUT2D eigenvalue weighted by atomic mass is 10.1. The topological polar surface area (TPSA) is 71.7 Å². The summed E-state index contributed by atoms with van der Waals surface area (Å²) in [6.45, 7) is 3.35. The molecule has 32 heavy (non-hydrogen) atoms. The molecule has 0 amide bonds. The second-order valence-corrected chi connectivity index (χ2v) is 7.72. The minimum atomic E-state index is -4.52. The van der Waals surface area contributed by atoms with E-state index in [0.717, 1.165) is 44.0 Å². The van der Waals surface area contributed by atoms with E-state index in [0.29, 0.717) is 16.9 Å². The fourth-order valence-electron chi connectivity index (χ4n) is 3.73. The molecule has 1 fully saturated rings. The summed E-state index contributed by atoms with van der Waals surface area (Å²) < 4.78 is 47.8. The molecule has 1 aliphatic heterocycles. The Balaban J connectivity index is 1.52. The largest absolute Gasteiger partial charge is 0.485 e.